The van der Waals surface area contributed by atoms with Gasteiger partial charge in [-0.2, -0.15) is 0 Å². The Morgan fingerprint density at radius 3 is 2.17 bits per heavy atom. The van der Waals surface area contributed by atoms with E-state index in [0.717, 1.165) is 30.1 Å². The van der Waals surface area contributed by atoms with Gasteiger partial charge in [-0.1, -0.05) is 74.0 Å². The van der Waals surface area contributed by atoms with Gasteiger partial charge in [0.25, 0.3) is 0 Å². The molecule has 2 heteroatoms. The molecule has 0 spiro atoms. The third-order valence-corrected chi connectivity index (χ3v) is 13.9. The third kappa shape index (κ3) is 3.92. The zero-order valence-electron chi connectivity index (χ0n) is 26.1. The number of methoxy groups -OCH3 is 2. The lowest BCUT2D eigenvalue weighted by molar-refractivity contribution is -0.130. The molecule has 0 aromatic heterocycles. The van der Waals surface area contributed by atoms with Gasteiger partial charge in [0.05, 0.1) is 11.7 Å². The Morgan fingerprint density at radius 1 is 0.917 bits per heavy atom. The van der Waals surface area contributed by atoms with Crippen molar-refractivity contribution in [3.05, 3.63) is 11.6 Å². The van der Waals surface area contributed by atoms with Gasteiger partial charge in [0.1, 0.15) is 0 Å². The summed E-state index contributed by atoms with van der Waals surface area (Å²) in [5, 5.41) is 0. The molecule has 0 amide bonds. The van der Waals surface area contributed by atoms with Crippen LogP contribution in [0.3, 0.4) is 0 Å². The maximum atomic E-state index is 6.11. The van der Waals surface area contributed by atoms with E-state index in [9.17, 15) is 0 Å². The molecule has 0 saturated heterocycles. The van der Waals surface area contributed by atoms with Gasteiger partial charge < -0.3 is 9.47 Å². The van der Waals surface area contributed by atoms with Crippen LogP contribution in [0.4, 0.5) is 0 Å². The van der Waals surface area contributed by atoms with Crippen LogP contribution in [-0.2, 0) is 9.47 Å². The summed E-state index contributed by atoms with van der Waals surface area (Å²) >= 11 is 0. The first-order valence-corrected chi connectivity index (χ1v) is 15.3. The van der Waals surface area contributed by atoms with E-state index < -0.39 is 0 Å². The normalized spacial score (nSPS) is 44.6. The van der Waals surface area contributed by atoms with E-state index in [1.165, 1.54) is 51.4 Å². The summed E-state index contributed by atoms with van der Waals surface area (Å²) in [6.07, 6.45) is 15.0. The molecule has 0 aromatic rings. The molecule has 0 bridgehead atoms. The lowest BCUT2D eigenvalue weighted by Crippen LogP contribution is -2.58. The Hall–Kier alpha value is -0.340. The smallest absolute Gasteiger partial charge is 0.0698 e. The maximum absolute atomic E-state index is 6.11. The van der Waals surface area contributed by atoms with Gasteiger partial charge >= 0.3 is 0 Å². The summed E-state index contributed by atoms with van der Waals surface area (Å²) in [6.45, 7) is 24.9. The minimum atomic E-state index is -0.0649. The second kappa shape index (κ2) is 9.11. The van der Waals surface area contributed by atoms with Crippen molar-refractivity contribution in [1.29, 1.82) is 0 Å². The van der Waals surface area contributed by atoms with Crippen molar-refractivity contribution in [1.82, 2.24) is 0 Å². The van der Waals surface area contributed by atoms with Crippen molar-refractivity contribution in [2.75, 3.05) is 14.2 Å². The van der Waals surface area contributed by atoms with Crippen LogP contribution in [0.15, 0.2) is 11.6 Å². The van der Waals surface area contributed by atoms with E-state index in [4.69, 9.17) is 9.47 Å². The number of hydrogen-bond donors (Lipinski definition) is 0. The van der Waals surface area contributed by atoms with Crippen molar-refractivity contribution in [3.8, 4) is 0 Å². The van der Waals surface area contributed by atoms with Crippen LogP contribution in [-0.4, -0.2) is 25.9 Å². The zero-order valence-corrected chi connectivity index (χ0v) is 26.1. The topological polar surface area (TPSA) is 18.5 Å². The van der Waals surface area contributed by atoms with Gasteiger partial charge in [-0.25, -0.2) is 0 Å². The van der Waals surface area contributed by atoms with Gasteiger partial charge in [-0.15, -0.1) is 0 Å². The predicted molar refractivity (Wildman–Crippen MR) is 153 cm³/mol. The molecule has 0 radical (unpaired) electrons. The molecule has 0 N–H and O–H groups in total. The lowest BCUT2D eigenvalue weighted by atomic mass is 9.41. The first-order chi connectivity index (χ1) is 16.5. The van der Waals surface area contributed by atoms with E-state index in [1.807, 2.05) is 19.8 Å². The van der Waals surface area contributed by atoms with Gasteiger partial charge in [-0.05, 0) is 115 Å². The largest absolute Gasteiger partial charge is 0.381 e. The molecule has 4 aliphatic rings. The van der Waals surface area contributed by atoms with Crippen molar-refractivity contribution in [3.63, 3.8) is 0 Å². The van der Waals surface area contributed by atoms with Gasteiger partial charge in [-0.3, -0.25) is 0 Å². The highest BCUT2D eigenvalue weighted by atomic mass is 16.5. The first kappa shape index (κ1) is 28.7. The summed E-state index contributed by atoms with van der Waals surface area (Å²) < 4.78 is 12.1. The Kier molecular flexibility index (Phi) is 7.25. The highest BCUT2D eigenvalue weighted by Crippen LogP contribution is 2.73. The van der Waals surface area contributed by atoms with Crippen LogP contribution in [0, 0.1) is 50.7 Å². The number of fused-ring (bicyclic) bond motifs is 5. The highest BCUT2D eigenvalue weighted by molar-refractivity contribution is 5.32. The molecule has 4 rings (SSSR count). The van der Waals surface area contributed by atoms with Gasteiger partial charge in [0, 0.05) is 14.2 Å². The molecule has 0 unspecified atom stereocenters. The van der Waals surface area contributed by atoms with Crippen molar-refractivity contribution < 1.29 is 9.47 Å². The summed E-state index contributed by atoms with van der Waals surface area (Å²) in [6, 6.07) is 0. The summed E-state index contributed by atoms with van der Waals surface area (Å²) in [5.41, 5.74) is 3.39. The molecule has 0 aliphatic heterocycles. The monoisotopic (exact) mass is 500 g/mol. The van der Waals surface area contributed by atoms with Crippen molar-refractivity contribution >= 4 is 0 Å². The molecule has 9 atom stereocenters. The SMILES string of the molecule is CO[C@H]1CC[C@]2(C)C3=CC[C@]4(C)[C@@H]([C@H](C)CC[C@@](C)(OC)C(C)(C)C)CC[C@@]4(C)[C@@H]3CC[C@H]2C1(C)C. The molecular weight excluding hydrogens is 440 g/mol. The molecule has 3 saturated carbocycles. The zero-order chi connectivity index (χ0) is 26.9. The minimum absolute atomic E-state index is 0.0649. The fourth-order valence-corrected chi connectivity index (χ4v) is 10.6. The Morgan fingerprint density at radius 2 is 1.58 bits per heavy atom. The van der Waals surface area contributed by atoms with Crippen molar-refractivity contribution in [2.24, 2.45) is 50.7 Å². The summed E-state index contributed by atoms with van der Waals surface area (Å²) in [5.74, 6) is 3.06. The minimum Gasteiger partial charge on any atom is -0.381 e. The van der Waals surface area contributed by atoms with E-state index >= 15 is 0 Å². The Labute approximate surface area is 224 Å². The Balaban J connectivity index is 1.59. The highest BCUT2D eigenvalue weighted by Gasteiger charge is 2.65. The van der Waals surface area contributed by atoms with Crippen LogP contribution in [0.1, 0.15) is 127 Å². The van der Waals surface area contributed by atoms with E-state index in [0.29, 0.717) is 22.3 Å². The second-order valence-electron chi connectivity index (χ2n) is 16.2. The molecule has 4 aliphatic carbocycles. The summed E-state index contributed by atoms with van der Waals surface area (Å²) in [7, 11) is 3.85. The molecular formula is C34H60O2. The van der Waals surface area contributed by atoms with Crippen LogP contribution in [0.25, 0.3) is 0 Å². The fraction of sp³-hybridized carbons (Fsp3) is 0.941. The maximum Gasteiger partial charge on any atom is 0.0698 e. The van der Waals surface area contributed by atoms with E-state index in [2.05, 4.69) is 75.3 Å². The number of hydrogen-bond acceptors (Lipinski definition) is 2. The molecule has 0 heterocycles. The molecule has 0 aromatic carbocycles. The number of allylic oxidation sites excluding steroid dienone is 2. The number of ether oxygens (including phenoxy) is 2. The van der Waals surface area contributed by atoms with Crippen LogP contribution in [0.2, 0.25) is 0 Å². The number of rotatable bonds is 6. The quantitative estimate of drug-likeness (QED) is 0.338. The van der Waals surface area contributed by atoms with Crippen molar-refractivity contribution in [2.45, 2.75) is 139 Å². The first-order valence-electron chi connectivity index (χ1n) is 15.3. The van der Waals surface area contributed by atoms with Gasteiger partial charge in [0.15, 0.2) is 0 Å². The summed E-state index contributed by atoms with van der Waals surface area (Å²) in [4.78, 5) is 0. The van der Waals surface area contributed by atoms with E-state index in [1.54, 1.807) is 0 Å². The Bertz CT molecular complexity index is 850. The average molecular weight is 501 g/mol. The van der Waals surface area contributed by atoms with Crippen LogP contribution in [0.5, 0.6) is 0 Å². The van der Waals surface area contributed by atoms with Crippen LogP contribution >= 0.6 is 0 Å². The predicted octanol–water partition coefficient (Wildman–Crippen LogP) is 9.47. The third-order valence-electron chi connectivity index (χ3n) is 13.9. The van der Waals surface area contributed by atoms with E-state index in [-0.39, 0.29) is 16.4 Å². The molecule has 208 valence electrons. The lowest BCUT2D eigenvalue weighted by Gasteiger charge is -2.64. The second-order valence-corrected chi connectivity index (χ2v) is 16.2. The molecule has 2 nitrogen and oxygen atoms in total. The fourth-order valence-electron chi connectivity index (χ4n) is 10.6. The molecule has 36 heavy (non-hydrogen) atoms. The van der Waals surface area contributed by atoms with Gasteiger partial charge in [0.2, 0.25) is 0 Å². The van der Waals surface area contributed by atoms with Crippen LogP contribution < -0.4 is 0 Å². The average Bonchev–Trinajstić information content (AvgIpc) is 3.07. The molecule has 3 fully saturated rings. The standard InChI is InChI=1S/C34H60O2/c1-23(15-22-34(10,36-12)29(2,3)4)24-16-20-33(9)26-13-14-27-30(5,6)28(35-11)18-19-31(27,7)25(26)17-21-32(24,33)8/h17,23-24,26-28H,13-16,18-22H2,1-12H3/t23-,24-,26-,27+,28+,31-,32-,33+,34-/m1/s1.